The molecule has 2 nitrogen and oxygen atoms in total. The zero-order valence-electron chi connectivity index (χ0n) is 7.44. The first-order valence-corrected chi connectivity index (χ1v) is 4.53. The lowest BCUT2D eigenvalue weighted by Crippen LogP contribution is -2.21. The summed E-state index contributed by atoms with van der Waals surface area (Å²) >= 11 is 3.07. The van der Waals surface area contributed by atoms with Gasteiger partial charge in [0.15, 0.2) is 0 Å². The predicted molar refractivity (Wildman–Crippen MR) is 54.6 cm³/mol. The minimum Gasteiger partial charge on any atom is -0.363 e. The average Bonchev–Trinajstić information content (AvgIpc) is 2.08. The van der Waals surface area contributed by atoms with Crippen molar-refractivity contribution in [3.05, 3.63) is 34.1 Å². The molecule has 0 fully saturated rings. The number of rotatable bonds is 1. The molecular weight excluding hydrogens is 235 g/mol. The van der Waals surface area contributed by atoms with E-state index in [9.17, 15) is 4.39 Å². The van der Waals surface area contributed by atoms with Crippen LogP contribution in [0, 0.1) is 11.2 Å². The molecule has 13 heavy (non-hydrogen) atoms. The number of nitrogens with zero attached hydrogens (tertiary/aromatic N) is 1. The number of benzene rings is 1. The molecule has 1 N–H and O–H groups in total. The molecule has 0 aliphatic rings. The first kappa shape index (κ1) is 10.2. The largest absolute Gasteiger partial charge is 0.363 e. The molecule has 0 aliphatic heterocycles. The molecule has 0 saturated carbocycles. The van der Waals surface area contributed by atoms with Gasteiger partial charge in [-0.1, -0.05) is 0 Å². The predicted octanol–water partition coefficient (Wildman–Crippen LogP) is 2.48. The van der Waals surface area contributed by atoms with Gasteiger partial charge in [0.25, 0.3) is 0 Å². The lowest BCUT2D eigenvalue weighted by atomic mass is 10.2. The molecule has 4 heteroatoms. The molecular formula is C9H10BrFN2. The van der Waals surface area contributed by atoms with Gasteiger partial charge in [-0.05, 0) is 34.1 Å². The molecule has 1 aromatic rings. The summed E-state index contributed by atoms with van der Waals surface area (Å²) in [4.78, 5) is 1.67. The zero-order valence-corrected chi connectivity index (χ0v) is 9.02. The second-order valence-electron chi connectivity index (χ2n) is 2.87. The fourth-order valence-electron chi connectivity index (χ4n) is 0.902. The highest BCUT2D eigenvalue weighted by Gasteiger charge is 2.06. The van der Waals surface area contributed by atoms with Gasteiger partial charge in [0.1, 0.15) is 11.7 Å². The average molecular weight is 245 g/mol. The Balaban J connectivity index is 3.04. The highest BCUT2D eigenvalue weighted by molar-refractivity contribution is 9.10. The Hall–Kier alpha value is -0.900. The van der Waals surface area contributed by atoms with Gasteiger partial charge in [-0.2, -0.15) is 0 Å². The number of hydrogen-bond donors (Lipinski definition) is 1. The van der Waals surface area contributed by atoms with Crippen LogP contribution in [-0.2, 0) is 0 Å². The van der Waals surface area contributed by atoms with Gasteiger partial charge in [0.2, 0.25) is 0 Å². The van der Waals surface area contributed by atoms with Crippen molar-refractivity contribution in [2.75, 3.05) is 14.1 Å². The van der Waals surface area contributed by atoms with Crippen molar-refractivity contribution in [1.29, 1.82) is 5.41 Å². The molecule has 0 spiro atoms. The minimum atomic E-state index is -0.310. The van der Waals surface area contributed by atoms with Crippen LogP contribution in [0.15, 0.2) is 22.7 Å². The van der Waals surface area contributed by atoms with Crippen LogP contribution in [0.1, 0.15) is 5.56 Å². The third-order valence-corrected chi connectivity index (χ3v) is 2.25. The maximum Gasteiger partial charge on any atom is 0.137 e. The van der Waals surface area contributed by atoms with Crippen molar-refractivity contribution in [2.24, 2.45) is 0 Å². The molecule has 0 aliphatic carbocycles. The van der Waals surface area contributed by atoms with Gasteiger partial charge in [0, 0.05) is 19.7 Å². The topological polar surface area (TPSA) is 27.1 Å². The smallest absolute Gasteiger partial charge is 0.137 e. The van der Waals surface area contributed by atoms with Crippen molar-refractivity contribution < 1.29 is 4.39 Å². The summed E-state index contributed by atoms with van der Waals surface area (Å²) in [7, 11) is 3.55. The molecule has 0 unspecified atom stereocenters. The Morgan fingerprint density at radius 2 is 2.08 bits per heavy atom. The summed E-state index contributed by atoms with van der Waals surface area (Å²) in [5.74, 6) is 0.0519. The number of amidine groups is 1. The van der Waals surface area contributed by atoms with Crippen LogP contribution in [0.2, 0.25) is 0 Å². The van der Waals surface area contributed by atoms with E-state index in [1.54, 1.807) is 31.1 Å². The Morgan fingerprint density at radius 1 is 1.46 bits per heavy atom. The highest BCUT2D eigenvalue weighted by Crippen LogP contribution is 2.17. The first-order chi connectivity index (χ1) is 6.02. The minimum absolute atomic E-state index is 0.310. The maximum atomic E-state index is 12.8. The second kappa shape index (κ2) is 3.87. The Labute approximate surface area is 85.0 Å². The fraction of sp³-hybridized carbons (Fsp3) is 0.222. The van der Waals surface area contributed by atoms with Crippen LogP contribution >= 0.6 is 15.9 Å². The first-order valence-electron chi connectivity index (χ1n) is 3.73. The second-order valence-corrected chi connectivity index (χ2v) is 3.73. The molecule has 0 saturated heterocycles. The summed E-state index contributed by atoms with van der Waals surface area (Å²) in [6.45, 7) is 0. The van der Waals surface area contributed by atoms with Crippen molar-refractivity contribution in [1.82, 2.24) is 4.90 Å². The van der Waals surface area contributed by atoms with Gasteiger partial charge < -0.3 is 4.90 Å². The van der Waals surface area contributed by atoms with Crippen LogP contribution in [0.3, 0.4) is 0 Å². The van der Waals surface area contributed by atoms with Crippen molar-refractivity contribution in [3.8, 4) is 0 Å². The monoisotopic (exact) mass is 244 g/mol. The quantitative estimate of drug-likeness (QED) is 0.597. The standard InChI is InChI=1S/C9H10BrFN2/c1-13(2)9(12)6-3-4-8(11)7(10)5-6/h3-5,12H,1-2H3. The molecule has 0 aromatic heterocycles. The van der Waals surface area contributed by atoms with Crippen LogP contribution in [-0.4, -0.2) is 24.8 Å². The van der Waals surface area contributed by atoms with Crippen molar-refractivity contribution in [2.45, 2.75) is 0 Å². The summed E-state index contributed by atoms with van der Waals surface area (Å²) in [5.41, 5.74) is 0.693. The summed E-state index contributed by atoms with van der Waals surface area (Å²) in [5, 5.41) is 7.63. The van der Waals surface area contributed by atoms with E-state index in [2.05, 4.69) is 15.9 Å². The van der Waals surface area contributed by atoms with Gasteiger partial charge in [0.05, 0.1) is 4.47 Å². The summed E-state index contributed by atoms with van der Waals surface area (Å²) in [6, 6.07) is 4.53. The van der Waals surface area contributed by atoms with E-state index in [0.29, 0.717) is 15.9 Å². The molecule has 0 bridgehead atoms. The van der Waals surface area contributed by atoms with Crippen molar-refractivity contribution >= 4 is 21.8 Å². The molecule has 1 aromatic carbocycles. The number of nitrogens with one attached hydrogen (secondary N) is 1. The number of hydrogen-bond acceptors (Lipinski definition) is 1. The highest BCUT2D eigenvalue weighted by atomic mass is 79.9. The van der Waals surface area contributed by atoms with E-state index in [1.807, 2.05) is 0 Å². The Morgan fingerprint density at radius 3 is 2.54 bits per heavy atom. The summed E-state index contributed by atoms with van der Waals surface area (Å²) in [6.07, 6.45) is 0. The molecule has 0 atom stereocenters. The SMILES string of the molecule is CN(C)C(=N)c1ccc(F)c(Br)c1. The van der Waals surface area contributed by atoms with Crippen LogP contribution in [0.25, 0.3) is 0 Å². The van der Waals surface area contributed by atoms with Gasteiger partial charge in [-0.25, -0.2) is 4.39 Å². The molecule has 0 radical (unpaired) electrons. The van der Waals surface area contributed by atoms with Crippen molar-refractivity contribution in [3.63, 3.8) is 0 Å². The zero-order chi connectivity index (χ0) is 10.0. The third kappa shape index (κ3) is 2.28. The molecule has 0 heterocycles. The van der Waals surface area contributed by atoms with E-state index in [0.717, 1.165) is 0 Å². The van der Waals surface area contributed by atoms with Gasteiger partial charge in [-0.15, -0.1) is 0 Å². The Kier molecular flexibility index (Phi) is 3.03. The van der Waals surface area contributed by atoms with E-state index in [1.165, 1.54) is 6.07 Å². The van der Waals surface area contributed by atoms with E-state index in [4.69, 9.17) is 5.41 Å². The third-order valence-electron chi connectivity index (χ3n) is 1.64. The number of halogens is 2. The Bertz CT molecular complexity index is 336. The molecule has 70 valence electrons. The molecule has 0 amide bonds. The van der Waals surface area contributed by atoms with Crippen LogP contribution in [0.4, 0.5) is 4.39 Å². The normalized spacial score (nSPS) is 9.85. The van der Waals surface area contributed by atoms with E-state index >= 15 is 0 Å². The molecule has 1 rings (SSSR count). The fourth-order valence-corrected chi connectivity index (χ4v) is 1.28. The van der Waals surface area contributed by atoms with Crippen LogP contribution in [0.5, 0.6) is 0 Å². The van der Waals surface area contributed by atoms with Crippen LogP contribution < -0.4 is 0 Å². The van der Waals surface area contributed by atoms with E-state index in [-0.39, 0.29) is 5.82 Å². The maximum absolute atomic E-state index is 12.8. The van der Waals surface area contributed by atoms with Gasteiger partial charge >= 0.3 is 0 Å². The van der Waals surface area contributed by atoms with E-state index < -0.39 is 0 Å². The van der Waals surface area contributed by atoms with Gasteiger partial charge in [-0.3, -0.25) is 5.41 Å². The lowest BCUT2D eigenvalue weighted by molar-refractivity contribution is 0.613. The lowest BCUT2D eigenvalue weighted by Gasteiger charge is -2.13. The summed E-state index contributed by atoms with van der Waals surface area (Å²) < 4.78 is 13.2.